The number of rotatable bonds is 5. The van der Waals surface area contributed by atoms with E-state index in [1.807, 2.05) is 38.1 Å². The number of esters is 1. The van der Waals surface area contributed by atoms with E-state index in [1.54, 1.807) is 0 Å². The molecule has 0 aromatic heterocycles. The highest BCUT2D eigenvalue weighted by Gasteiger charge is 2.30. The van der Waals surface area contributed by atoms with E-state index < -0.39 is 0 Å². The summed E-state index contributed by atoms with van der Waals surface area (Å²) in [5.41, 5.74) is 2.16. The first-order chi connectivity index (χ1) is 8.20. The van der Waals surface area contributed by atoms with E-state index in [0.29, 0.717) is 12.6 Å². The van der Waals surface area contributed by atoms with Gasteiger partial charge in [0.25, 0.3) is 0 Å². The summed E-state index contributed by atoms with van der Waals surface area (Å²) in [6.45, 7) is 4.29. The molecule has 0 aliphatic heterocycles. The summed E-state index contributed by atoms with van der Waals surface area (Å²) in [6.07, 6.45) is 2.31. The highest BCUT2D eigenvalue weighted by Crippen LogP contribution is 2.25. The fourth-order valence-corrected chi connectivity index (χ4v) is 1.86. The van der Waals surface area contributed by atoms with Crippen molar-refractivity contribution in [2.45, 2.75) is 38.8 Å². The summed E-state index contributed by atoms with van der Waals surface area (Å²) < 4.78 is 5.13. The minimum absolute atomic E-state index is 0.176. The van der Waals surface area contributed by atoms with E-state index in [9.17, 15) is 4.79 Å². The van der Waals surface area contributed by atoms with Crippen LogP contribution in [0.3, 0.4) is 0 Å². The smallest absolute Gasteiger partial charge is 0.327 e. The van der Waals surface area contributed by atoms with E-state index >= 15 is 0 Å². The Morgan fingerprint density at radius 1 is 1.53 bits per heavy atom. The summed E-state index contributed by atoms with van der Waals surface area (Å²) >= 11 is 0. The number of ether oxygens (including phenoxy) is 1. The van der Waals surface area contributed by atoms with Gasteiger partial charge in [0, 0.05) is 6.04 Å². The molecule has 1 saturated carbocycles. The Morgan fingerprint density at radius 2 is 2.29 bits per heavy atom. The van der Waals surface area contributed by atoms with Gasteiger partial charge < -0.3 is 4.74 Å². The number of nitrogens with one attached hydrogen (secondary N) is 1. The molecular formula is C14H19NO2. The average Bonchev–Trinajstić information content (AvgIpc) is 3.10. The quantitative estimate of drug-likeness (QED) is 0.793. The maximum Gasteiger partial charge on any atom is 0.327 e. The Bertz CT molecular complexity index is 399. The molecule has 3 nitrogen and oxygen atoms in total. The van der Waals surface area contributed by atoms with Gasteiger partial charge in [0.1, 0.15) is 6.04 Å². The van der Waals surface area contributed by atoms with Gasteiger partial charge >= 0.3 is 5.97 Å². The van der Waals surface area contributed by atoms with Crippen LogP contribution in [0.4, 0.5) is 0 Å². The lowest BCUT2D eigenvalue weighted by Gasteiger charge is -2.17. The van der Waals surface area contributed by atoms with Gasteiger partial charge in [-0.25, -0.2) is 4.79 Å². The molecule has 1 aliphatic carbocycles. The zero-order valence-corrected chi connectivity index (χ0v) is 10.4. The van der Waals surface area contributed by atoms with Crippen molar-refractivity contribution < 1.29 is 9.53 Å². The van der Waals surface area contributed by atoms with Gasteiger partial charge in [-0.15, -0.1) is 0 Å². The van der Waals surface area contributed by atoms with Crippen LogP contribution in [0.25, 0.3) is 0 Å². The van der Waals surface area contributed by atoms with Crippen LogP contribution in [0.1, 0.15) is 36.9 Å². The fourth-order valence-electron chi connectivity index (χ4n) is 1.86. The molecule has 1 atom stereocenters. The minimum atomic E-state index is -0.317. The minimum Gasteiger partial charge on any atom is -0.465 e. The van der Waals surface area contributed by atoms with Crippen molar-refractivity contribution in [2.24, 2.45) is 0 Å². The van der Waals surface area contributed by atoms with Crippen LogP contribution in [0, 0.1) is 6.92 Å². The molecule has 1 N–H and O–H groups in total. The van der Waals surface area contributed by atoms with Crippen molar-refractivity contribution in [3.8, 4) is 0 Å². The van der Waals surface area contributed by atoms with Gasteiger partial charge in [0.05, 0.1) is 6.61 Å². The summed E-state index contributed by atoms with van der Waals surface area (Å²) in [4.78, 5) is 11.9. The van der Waals surface area contributed by atoms with Gasteiger partial charge in [-0.3, -0.25) is 5.32 Å². The predicted octanol–water partition coefficient (Wildman–Crippen LogP) is 2.35. The van der Waals surface area contributed by atoms with Gasteiger partial charge in [0.15, 0.2) is 0 Å². The number of aryl methyl sites for hydroxylation is 1. The Kier molecular flexibility index (Phi) is 3.79. The zero-order chi connectivity index (χ0) is 12.3. The summed E-state index contributed by atoms with van der Waals surface area (Å²) in [5, 5.41) is 3.34. The molecule has 1 fully saturated rings. The lowest BCUT2D eigenvalue weighted by atomic mass is 10.0. The van der Waals surface area contributed by atoms with E-state index in [-0.39, 0.29) is 12.0 Å². The zero-order valence-electron chi connectivity index (χ0n) is 10.4. The predicted molar refractivity (Wildman–Crippen MR) is 66.7 cm³/mol. The number of carbonyl (C=O) groups is 1. The van der Waals surface area contributed by atoms with Crippen LogP contribution >= 0.6 is 0 Å². The van der Waals surface area contributed by atoms with Crippen LogP contribution < -0.4 is 5.32 Å². The highest BCUT2D eigenvalue weighted by atomic mass is 16.5. The number of hydrogen-bond donors (Lipinski definition) is 1. The van der Waals surface area contributed by atoms with Crippen LogP contribution in [0.15, 0.2) is 24.3 Å². The van der Waals surface area contributed by atoms with E-state index in [2.05, 4.69) is 5.32 Å². The maximum atomic E-state index is 11.9. The molecule has 92 valence electrons. The van der Waals surface area contributed by atoms with E-state index in [1.165, 1.54) is 0 Å². The molecular weight excluding hydrogens is 214 g/mol. The number of benzene rings is 1. The Balaban J connectivity index is 2.15. The Morgan fingerprint density at radius 3 is 2.88 bits per heavy atom. The second-order valence-corrected chi connectivity index (χ2v) is 4.54. The maximum absolute atomic E-state index is 11.9. The molecule has 0 spiro atoms. The van der Waals surface area contributed by atoms with Crippen molar-refractivity contribution in [3.63, 3.8) is 0 Å². The normalized spacial score (nSPS) is 16.6. The second kappa shape index (κ2) is 5.32. The second-order valence-electron chi connectivity index (χ2n) is 4.54. The molecule has 0 saturated heterocycles. The van der Waals surface area contributed by atoms with Crippen molar-refractivity contribution in [1.29, 1.82) is 0 Å². The van der Waals surface area contributed by atoms with E-state index in [4.69, 9.17) is 4.74 Å². The van der Waals surface area contributed by atoms with Crippen LogP contribution in [-0.2, 0) is 9.53 Å². The third-order valence-electron chi connectivity index (χ3n) is 2.88. The molecule has 1 aliphatic rings. The fraction of sp³-hybridized carbons (Fsp3) is 0.500. The number of hydrogen-bond acceptors (Lipinski definition) is 3. The first-order valence-electron chi connectivity index (χ1n) is 6.20. The standard InChI is InChI=1S/C14H19NO2/c1-3-17-14(16)13(15-12-7-8-12)11-6-4-5-10(2)9-11/h4-6,9,12-13,15H,3,7-8H2,1-2H3. The molecule has 1 aromatic carbocycles. The van der Waals surface area contributed by atoms with Gasteiger partial charge in [-0.1, -0.05) is 29.8 Å². The van der Waals surface area contributed by atoms with Crippen LogP contribution in [0.2, 0.25) is 0 Å². The lowest BCUT2D eigenvalue weighted by Crippen LogP contribution is -2.31. The van der Waals surface area contributed by atoms with Gasteiger partial charge in [0.2, 0.25) is 0 Å². The molecule has 2 rings (SSSR count). The summed E-state index contributed by atoms with van der Waals surface area (Å²) in [6, 6.07) is 8.18. The third kappa shape index (κ3) is 3.30. The SMILES string of the molecule is CCOC(=O)C(NC1CC1)c1cccc(C)c1. The first kappa shape index (κ1) is 12.1. The van der Waals surface area contributed by atoms with Crippen molar-refractivity contribution >= 4 is 5.97 Å². The largest absolute Gasteiger partial charge is 0.465 e. The van der Waals surface area contributed by atoms with Gasteiger partial charge in [-0.05, 0) is 32.3 Å². The van der Waals surface area contributed by atoms with Crippen molar-refractivity contribution in [2.75, 3.05) is 6.61 Å². The molecule has 0 amide bonds. The molecule has 0 heterocycles. The highest BCUT2D eigenvalue weighted by molar-refractivity contribution is 5.77. The Labute approximate surface area is 102 Å². The molecule has 0 radical (unpaired) electrons. The monoisotopic (exact) mass is 233 g/mol. The lowest BCUT2D eigenvalue weighted by molar-refractivity contribution is -0.145. The number of carbonyl (C=O) groups excluding carboxylic acids is 1. The first-order valence-corrected chi connectivity index (χ1v) is 6.20. The van der Waals surface area contributed by atoms with Crippen LogP contribution in [-0.4, -0.2) is 18.6 Å². The average molecular weight is 233 g/mol. The van der Waals surface area contributed by atoms with Crippen LogP contribution in [0.5, 0.6) is 0 Å². The third-order valence-corrected chi connectivity index (χ3v) is 2.88. The van der Waals surface area contributed by atoms with Crippen molar-refractivity contribution in [1.82, 2.24) is 5.32 Å². The van der Waals surface area contributed by atoms with Gasteiger partial charge in [-0.2, -0.15) is 0 Å². The summed E-state index contributed by atoms with van der Waals surface area (Å²) in [5.74, 6) is -0.176. The van der Waals surface area contributed by atoms with E-state index in [0.717, 1.165) is 24.0 Å². The molecule has 17 heavy (non-hydrogen) atoms. The molecule has 1 unspecified atom stereocenters. The topological polar surface area (TPSA) is 38.3 Å². The van der Waals surface area contributed by atoms with Crippen molar-refractivity contribution in [3.05, 3.63) is 35.4 Å². The Hall–Kier alpha value is -1.35. The summed E-state index contributed by atoms with van der Waals surface area (Å²) in [7, 11) is 0. The molecule has 3 heteroatoms. The molecule has 0 bridgehead atoms. The molecule has 1 aromatic rings.